The summed E-state index contributed by atoms with van der Waals surface area (Å²) < 4.78 is 0. The molecule has 6 rings (SSSR count). The molecule has 3 aliphatic rings. The van der Waals surface area contributed by atoms with E-state index in [1.807, 2.05) is 36.5 Å². The topological polar surface area (TPSA) is 81.0 Å². The number of amides is 1. The SMILES string of the molecule is N#Cc1ccc(N2CCC[C@H](C[C@@H]3CCCC[C@H]3Nc3cc(-c4cccc5c4NC(=O)C5)ccn3)C2)cc1. The summed E-state index contributed by atoms with van der Waals surface area (Å²) >= 11 is 0. The number of nitrogens with one attached hydrogen (secondary N) is 2. The molecule has 194 valence electrons. The minimum Gasteiger partial charge on any atom is -0.371 e. The summed E-state index contributed by atoms with van der Waals surface area (Å²) in [6, 6.07) is 21.0. The highest BCUT2D eigenvalue weighted by Gasteiger charge is 2.30. The molecule has 6 heteroatoms. The number of aromatic nitrogens is 1. The highest BCUT2D eigenvalue weighted by molar-refractivity contribution is 6.03. The maximum atomic E-state index is 12.0. The molecule has 1 aliphatic carbocycles. The molecule has 3 heterocycles. The van der Waals surface area contributed by atoms with Crippen molar-refractivity contribution in [1.82, 2.24) is 4.98 Å². The number of piperidine rings is 1. The first-order valence-electron chi connectivity index (χ1n) is 14.1. The number of anilines is 3. The molecule has 6 nitrogen and oxygen atoms in total. The fourth-order valence-electron chi connectivity index (χ4n) is 6.71. The molecule has 1 saturated carbocycles. The number of nitriles is 1. The second kappa shape index (κ2) is 10.9. The number of fused-ring (bicyclic) bond motifs is 1. The average molecular weight is 506 g/mol. The summed E-state index contributed by atoms with van der Waals surface area (Å²) in [7, 11) is 0. The van der Waals surface area contributed by atoms with Gasteiger partial charge in [0.05, 0.1) is 23.7 Å². The molecule has 2 N–H and O–H groups in total. The van der Waals surface area contributed by atoms with E-state index < -0.39 is 0 Å². The van der Waals surface area contributed by atoms with Crippen molar-refractivity contribution in [3.63, 3.8) is 0 Å². The van der Waals surface area contributed by atoms with Crippen molar-refractivity contribution in [3.8, 4) is 17.2 Å². The van der Waals surface area contributed by atoms with Crippen molar-refractivity contribution in [2.24, 2.45) is 11.8 Å². The second-order valence-electron chi connectivity index (χ2n) is 11.1. The molecule has 0 spiro atoms. The number of carbonyl (C=O) groups is 1. The molecule has 3 atom stereocenters. The van der Waals surface area contributed by atoms with E-state index in [0.29, 0.717) is 24.3 Å². The van der Waals surface area contributed by atoms with Gasteiger partial charge in [0.15, 0.2) is 0 Å². The van der Waals surface area contributed by atoms with Gasteiger partial charge in [0.2, 0.25) is 5.91 Å². The molecule has 0 radical (unpaired) electrons. The molecular weight excluding hydrogens is 470 g/mol. The van der Waals surface area contributed by atoms with Crippen LogP contribution < -0.4 is 15.5 Å². The number of hydrogen-bond acceptors (Lipinski definition) is 5. The fraction of sp³-hybridized carbons (Fsp3) is 0.406. The summed E-state index contributed by atoms with van der Waals surface area (Å²) in [4.78, 5) is 19.2. The first kappa shape index (κ1) is 24.5. The van der Waals surface area contributed by atoms with Crippen LogP contribution in [0, 0.1) is 23.2 Å². The monoisotopic (exact) mass is 505 g/mol. The molecule has 2 aliphatic heterocycles. The van der Waals surface area contributed by atoms with Gasteiger partial charge in [-0.3, -0.25) is 4.79 Å². The van der Waals surface area contributed by atoms with Crippen LogP contribution in [0.1, 0.15) is 56.1 Å². The molecule has 1 amide bonds. The number of carbonyl (C=O) groups excluding carboxylic acids is 1. The second-order valence-corrected chi connectivity index (χ2v) is 11.1. The van der Waals surface area contributed by atoms with E-state index in [0.717, 1.165) is 46.8 Å². The van der Waals surface area contributed by atoms with Crippen LogP contribution >= 0.6 is 0 Å². The quantitative estimate of drug-likeness (QED) is 0.406. The molecule has 0 bridgehead atoms. The highest BCUT2D eigenvalue weighted by atomic mass is 16.1. The van der Waals surface area contributed by atoms with Gasteiger partial charge in [0, 0.05) is 36.6 Å². The Hall–Kier alpha value is -3.85. The van der Waals surface area contributed by atoms with Gasteiger partial charge in [-0.15, -0.1) is 0 Å². The van der Waals surface area contributed by atoms with Crippen LogP contribution in [0.5, 0.6) is 0 Å². The zero-order valence-corrected chi connectivity index (χ0v) is 21.8. The summed E-state index contributed by atoms with van der Waals surface area (Å²) in [6.07, 6.45) is 11.1. The maximum absolute atomic E-state index is 12.0. The smallest absolute Gasteiger partial charge is 0.228 e. The van der Waals surface area contributed by atoms with Gasteiger partial charge in [-0.2, -0.15) is 5.26 Å². The van der Waals surface area contributed by atoms with E-state index in [9.17, 15) is 4.79 Å². The molecule has 1 aromatic heterocycles. The number of para-hydroxylation sites is 1. The molecule has 2 aromatic carbocycles. The lowest BCUT2D eigenvalue weighted by molar-refractivity contribution is -0.115. The van der Waals surface area contributed by atoms with Crippen molar-refractivity contribution in [2.45, 2.75) is 57.4 Å². The van der Waals surface area contributed by atoms with E-state index in [4.69, 9.17) is 5.26 Å². The van der Waals surface area contributed by atoms with Gasteiger partial charge >= 0.3 is 0 Å². The largest absolute Gasteiger partial charge is 0.371 e. The highest BCUT2D eigenvalue weighted by Crippen LogP contribution is 2.37. The predicted molar refractivity (Wildman–Crippen MR) is 152 cm³/mol. The number of benzene rings is 2. The maximum Gasteiger partial charge on any atom is 0.228 e. The Labute approximate surface area is 225 Å². The van der Waals surface area contributed by atoms with Gasteiger partial charge in [0.25, 0.3) is 0 Å². The third-order valence-electron chi connectivity index (χ3n) is 8.60. The van der Waals surface area contributed by atoms with Crippen LogP contribution in [0.4, 0.5) is 17.2 Å². The molecule has 38 heavy (non-hydrogen) atoms. The van der Waals surface area contributed by atoms with Gasteiger partial charge in [-0.1, -0.05) is 31.0 Å². The Bertz CT molecular complexity index is 1340. The number of hydrogen-bond donors (Lipinski definition) is 2. The first-order chi connectivity index (χ1) is 18.7. The Morgan fingerprint density at radius 1 is 1.05 bits per heavy atom. The predicted octanol–water partition coefficient (Wildman–Crippen LogP) is 6.39. The Morgan fingerprint density at radius 3 is 2.79 bits per heavy atom. The van der Waals surface area contributed by atoms with Crippen molar-refractivity contribution in [1.29, 1.82) is 5.26 Å². The van der Waals surface area contributed by atoms with Crippen LogP contribution in [0.2, 0.25) is 0 Å². The van der Waals surface area contributed by atoms with Crippen molar-refractivity contribution < 1.29 is 4.79 Å². The molecule has 0 unspecified atom stereocenters. The zero-order chi connectivity index (χ0) is 25.9. The zero-order valence-electron chi connectivity index (χ0n) is 21.8. The molecule has 1 saturated heterocycles. The number of pyridine rings is 1. The molecule has 3 aromatic rings. The molecular formula is C32H35N5O. The lowest BCUT2D eigenvalue weighted by Crippen LogP contribution is -2.39. The van der Waals surface area contributed by atoms with Crippen LogP contribution in [-0.4, -0.2) is 30.0 Å². The van der Waals surface area contributed by atoms with E-state index in [1.54, 1.807) is 0 Å². The lowest BCUT2D eigenvalue weighted by Gasteiger charge is -2.39. The number of rotatable bonds is 6. The van der Waals surface area contributed by atoms with Gasteiger partial charge in [-0.05, 0) is 91.5 Å². The van der Waals surface area contributed by atoms with Crippen LogP contribution in [0.15, 0.2) is 60.8 Å². The van der Waals surface area contributed by atoms with Crippen LogP contribution in [0.3, 0.4) is 0 Å². The normalized spacial score (nSPS) is 22.9. The minimum absolute atomic E-state index is 0.0605. The lowest BCUT2D eigenvalue weighted by atomic mass is 9.77. The third-order valence-corrected chi connectivity index (χ3v) is 8.60. The fourth-order valence-corrected chi connectivity index (χ4v) is 6.71. The Balaban J connectivity index is 1.14. The van der Waals surface area contributed by atoms with Crippen molar-refractivity contribution in [2.75, 3.05) is 28.6 Å². The van der Waals surface area contributed by atoms with Gasteiger partial charge < -0.3 is 15.5 Å². The van der Waals surface area contributed by atoms with Gasteiger partial charge in [0.1, 0.15) is 5.82 Å². The first-order valence-corrected chi connectivity index (χ1v) is 14.1. The Morgan fingerprint density at radius 2 is 1.92 bits per heavy atom. The van der Waals surface area contributed by atoms with Crippen molar-refractivity contribution in [3.05, 3.63) is 71.9 Å². The van der Waals surface area contributed by atoms with E-state index in [1.165, 1.54) is 50.6 Å². The van der Waals surface area contributed by atoms with E-state index in [-0.39, 0.29) is 5.91 Å². The Kier molecular flexibility index (Phi) is 7.00. The number of nitrogens with zero attached hydrogens (tertiary/aromatic N) is 3. The van der Waals surface area contributed by atoms with E-state index >= 15 is 0 Å². The van der Waals surface area contributed by atoms with Crippen LogP contribution in [-0.2, 0) is 11.2 Å². The summed E-state index contributed by atoms with van der Waals surface area (Å²) in [5.74, 6) is 2.30. The van der Waals surface area contributed by atoms with E-state index in [2.05, 4.69) is 50.9 Å². The van der Waals surface area contributed by atoms with Crippen molar-refractivity contribution >= 4 is 23.1 Å². The van der Waals surface area contributed by atoms with Gasteiger partial charge in [-0.25, -0.2) is 4.98 Å². The summed E-state index contributed by atoms with van der Waals surface area (Å²) in [6.45, 7) is 2.18. The average Bonchev–Trinajstić information content (AvgIpc) is 3.35. The standard InChI is InChI=1S/C32H35N5O/c33-20-22-10-12-27(13-11-22)37-16-4-5-23(21-37)17-25-6-1-2-9-29(25)35-30-18-24(14-15-34-30)28-8-3-7-26-19-31(38)36-32(26)28/h3,7-8,10-15,18,23,25,29H,1-2,4-6,9,16-17,19,21H2,(H,34,35)(H,36,38)/t23-,25+,29-/m1/s1. The van der Waals surface area contributed by atoms with Crippen LogP contribution in [0.25, 0.3) is 11.1 Å². The summed E-state index contributed by atoms with van der Waals surface area (Å²) in [5, 5.41) is 16.0. The third kappa shape index (κ3) is 5.24. The molecule has 2 fully saturated rings. The summed E-state index contributed by atoms with van der Waals surface area (Å²) in [5.41, 5.74) is 6.10. The minimum atomic E-state index is 0.0605.